The lowest BCUT2D eigenvalue weighted by atomic mass is 10.2. The molecular formula is C17H15N2+. The van der Waals surface area contributed by atoms with Crippen molar-refractivity contribution in [2.75, 3.05) is 0 Å². The lowest BCUT2D eigenvalue weighted by Crippen LogP contribution is -2.31. The second-order valence-corrected chi connectivity index (χ2v) is 4.55. The average molecular weight is 247 g/mol. The number of aryl methyl sites for hydroxylation is 2. The van der Waals surface area contributed by atoms with Crippen molar-refractivity contribution in [2.24, 2.45) is 14.1 Å². The molecular weight excluding hydrogens is 232 g/mol. The minimum absolute atomic E-state index is 1.00. The van der Waals surface area contributed by atoms with E-state index in [0.29, 0.717) is 0 Å². The molecule has 3 aromatic rings. The monoisotopic (exact) mass is 247 g/mol. The first kappa shape index (κ1) is 11.6. The van der Waals surface area contributed by atoms with Crippen LogP contribution >= 0.6 is 0 Å². The molecule has 0 aliphatic heterocycles. The van der Waals surface area contributed by atoms with Gasteiger partial charge in [0.05, 0.1) is 14.1 Å². The number of benzene rings is 2. The van der Waals surface area contributed by atoms with Gasteiger partial charge in [-0.25, -0.2) is 9.13 Å². The van der Waals surface area contributed by atoms with Crippen LogP contribution in [0.5, 0.6) is 0 Å². The molecule has 0 saturated heterocycles. The minimum Gasteiger partial charge on any atom is -0.218 e. The predicted octanol–water partition coefficient (Wildman–Crippen LogP) is 2.40. The quantitative estimate of drug-likeness (QED) is 0.426. The normalized spacial score (nSPS) is 10.2. The highest BCUT2D eigenvalue weighted by atomic mass is 15.1. The molecule has 2 aromatic carbocycles. The van der Waals surface area contributed by atoms with Gasteiger partial charge in [0.25, 0.3) is 0 Å². The summed E-state index contributed by atoms with van der Waals surface area (Å²) >= 11 is 0. The van der Waals surface area contributed by atoms with Gasteiger partial charge in [0.1, 0.15) is 0 Å². The topological polar surface area (TPSA) is 8.81 Å². The van der Waals surface area contributed by atoms with Crippen molar-refractivity contribution in [1.82, 2.24) is 4.57 Å². The molecule has 1 heterocycles. The lowest BCUT2D eigenvalue weighted by Gasteiger charge is -1.89. The third-order valence-corrected chi connectivity index (χ3v) is 3.33. The highest BCUT2D eigenvalue weighted by molar-refractivity contribution is 5.72. The van der Waals surface area contributed by atoms with E-state index in [-0.39, 0.29) is 0 Å². The van der Waals surface area contributed by atoms with Crippen LogP contribution in [0, 0.1) is 11.8 Å². The molecule has 0 aliphatic carbocycles. The summed E-state index contributed by atoms with van der Waals surface area (Å²) in [5.41, 5.74) is 3.43. The Kier molecular flexibility index (Phi) is 2.81. The largest absolute Gasteiger partial charge is 0.336 e. The molecule has 2 nitrogen and oxygen atoms in total. The molecule has 2 heteroatoms. The highest BCUT2D eigenvalue weighted by Crippen LogP contribution is 2.11. The Morgan fingerprint density at radius 2 is 1.58 bits per heavy atom. The number of aromatic nitrogens is 2. The summed E-state index contributed by atoms with van der Waals surface area (Å²) in [4.78, 5) is 0. The van der Waals surface area contributed by atoms with Crippen LogP contribution in [0.4, 0.5) is 0 Å². The Balaban J connectivity index is 2.15. The Labute approximate surface area is 112 Å². The molecule has 0 bridgehead atoms. The second kappa shape index (κ2) is 4.62. The van der Waals surface area contributed by atoms with Gasteiger partial charge in [-0.3, -0.25) is 0 Å². The molecule has 0 spiro atoms. The summed E-state index contributed by atoms with van der Waals surface area (Å²) in [6.07, 6.45) is 0. The van der Waals surface area contributed by atoms with Crippen molar-refractivity contribution in [1.29, 1.82) is 0 Å². The summed E-state index contributed by atoms with van der Waals surface area (Å²) in [6, 6.07) is 18.4. The molecule has 0 fully saturated rings. The van der Waals surface area contributed by atoms with Crippen LogP contribution in [-0.2, 0) is 14.1 Å². The van der Waals surface area contributed by atoms with E-state index >= 15 is 0 Å². The molecule has 0 saturated carbocycles. The predicted molar refractivity (Wildman–Crippen MR) is 76.5 cm³/mol. The number of nitrogens with zero attached hydrogens (tertiary/aromatic N) is 2. The van der Waals surface area contributed by atoms with E-state index in [1.54, 1.807) is 0 Å². The van der Waals surface area contributed by atoms with Crippen LogP contribution in [-0.4, -0.2) is 4.57 Å². The van der Waals surface area contributed by atoms with E-state index in [2.05, 4.69) is 59.3 Å². The van der Waals surface area contributed by atoms with Crippen LogP contribution in [0.1, 0.15) is 11.4 Å². The van der Waals surface area contributed by atoms with Gasteiger partial charge in [-0.05, 0) is 24.3 Å². The molecule has 0 amide bonds. The van der Waals surface area contributed by atoms with Crippen LogP contribution in [0.2, 0.25) is 0 Å². The molecule has 0 unspecified atom stereocenters. The van der Waals surface area contributed by atoms with E-state index < -0.39 is 0 Å². The fourth-order valence-corrected chi connectivity index (χ4v) is 2.30. The Morgan fingerprint density at radius 1 is 0.895 bits per heavy atom. The fourth-order valence-electron chi connectivity index (χ4n) is 2.30. The Morgan fingerprint density at radius 3 is 2.32 bits per heavy atom. The molecule has 0 radical (unpaired) electrons. The van der Waals surface area contributed by atoms with Crippen molar-refractivity contribution in [3.63, 3.8) is 0 Å². The van der Waals surface area contributed by atoms with Gasteiger partial charge in [0.15, 0.2) is 11.0 Å². The number of hydrogen-bond acceptors (Lipinski definition) is 0. The van der Waals surface area contributed by atoms with Gasteiger partial charge < -0.3 is 0 Å². The number of imidazole rings is 1. The van der Waals surface area contributed by atoms with Crippen molar-refractivity contribution in [3.05, 3.63) is 66.0 Å². The SMILES string of the molecule is Cn1c(C#Cc2ccccc2)[n+](C)c2ccccc21. The maximum Gasteiger partial charge on any atom is 0.336 e. The van der Waals surface area contributed by atoms with E-state index in [1.807, 2.05) is 30.3 Å². The van der Waals surface area contributed by atoms with E-state index in [4.69, 9.17) is 0 Å². The molecule has 0 N–H and O–H groups in total. The highest BCUT2D eigenvalue weighted by Gasteiger charge is 2.16. The maximum absolute atomic E-state index is 3.26. The van der Waals surface area contributed by atoms with Gasteiger partial charge >= 0.3 is 5.82 Å². The first-order valence-corrected chi connectivity index (χ1v) is 6.28. The second-order valence-electron chi connectivity index (χ2n) is 4.55. The van der Waals surface area contributed by atoms with Crippen LogP contribution in [0.3, 0.4) is 0 Å². The van der Waals surface area contributed by atoms with Crippen molar-refractivity contribution in [3.8, 4) is 11.8 Å². The smallest absolute Gasteiger partial charge is 0.218 e. The first-order chi connectivity index (χ1) is 9.27. The van der Waals surface area contributed by atoms with Crippen molar-refractivity contribution in [2.45, 2.75) is 0 Å². The summed E-state index contributed by atoms with van der Waals surface area (Å²) in [7, 11) is 4.11. The third-order valence-electron chi connectivity index (χ3n) is 3.33. The molecule has 3 rings (SSSR count). The third kappa shape index (κ3) is 2.00. The Hall–Kier alpha value is -2.53. The van der Waals surface area contributed by atoms with Crippen LogP contribution in [0.25, 0.3) is 11.0 Å². The molecule has 0 aliphatic rings. The molecule has 0 atom stereocenters. The van der Waals surface area contributed by atoms with Gasteiger partial charge in [0, 0.05) is 11.5 Å². The number of hydrogen-bond donors (Lipinski definition) is 0. The van der Waals surface area contributed by atoms with Gasteiger partial charge in [0.2, 0.25) is 0 Å². The minimum atomic E-state index is 1.00. The zero-order chi connectivity index (χ0) is 13.2. The summed E-state index contributed by atoms with van der Waals surface area (Å²) < 4.78 is 4.26. The van der Waals surface area contributed by atoms with Crippen LogP contribution in [0.15, 0.2) is 54.6 Å². The molecule has 92 valence electrons. The van der Waals surface area contributed by atoms with E-state index in [1.165, 1.54) is 11.0 Å². The number of rotatable bonds is 0. The lowest BCUT2D eigenvalue weighted by molar-refractivity contribution is -0.648. The number of para-hydroxylation sites is 2. The molecule has 1 aromatic heterocycles. The van der Waals surface area contributed by atoms with Gasteiger partial charge in [-0.15, -0.1) is 0 Å². The van der Waals surface area contributed by atoms with Gasteiger partial charge in [-0.1, -0.05) is 36.3 Å². The summed E-state index contributed by atoms with van der Waals surface area (Å²) in [6.45, 7) is 0. The van der Waals surface area contributed by atoms with E-state index in [0.717, 1.165) is 11.4 Å². The van der Waals surface area contributed by atoms with E-state index in [9.17, 15) is 0 Å². The van der Waals surface area contributed by atoms with Crippen molar-refractivity contribution >= 4 is 11.0 Å². The summed E-state index contributed by atoms with van der Waals surface area (Å²) in [5, 5.41) is 0. The average Bonchev–Trinajstić information content (AvgIpc) is 2.71. The number of fused-ring (bicyclic) bond motifs is 1. The first-order valence-electron chi connectivity index (χ1n) is 6.28. The zero-order valence-corrected chi connectivity index (χ0v) is 11.1. The standard InChI is InChI=1S/C17H15N2/c1-18-15-10-6-7-11-16(15)19(2)17(18)13-12-14-8-4-3-5-9-14/h3-11H,1-2H3/q+1. The molecule has 19 heavy (non-hydrogen) atoms. The zero-order valence-electron chi connectivity index (χ0n) is 11.1. The van der Waals surface area contributed by atoms with Gasteiger partial charge in [-0.2, -0.15) is 0 Å². The van der Waals surface area contributed by atoms with Crippen LogP contribution < -0.4 is 4.57 Å². The fraction of sp³-hybridized carbons (Fsp3) is 0.118. The Bertz CT molecular complexity index is 747. The summed E-state index contributed by atoms with van der Waals surface area (Å²) in [5.74, 6) is 7.48. The maximum atomic E-state index is 3.26. The van der Waals surface area contributed by atoms with Crippen molar-refractivity contribution < 1.29 is 4.57 Å².